The van der Waals surface area contributed by atoms with Crippen molar-refractivity contribution in [3.63, 3.8) is 0 Å². The molecule has 0 N–H and O–H groups in total. The van der Waals surface area contributed by atoms with Crippen LogP contribution in [-0.4, -0.2) is 36.9 Å². The minimum Gasteiger partial charge on any atom is -0.464 e. The van der Waals surface area contributed by atoms with E-state index in [2.05, 4.69) is 0 Å². The van der Waals surface area contributed by atoms with Gasteiger partial charge in [-0.15, -0.1) is 0 Å². The van der Waals surface area contributed by atoms with Gasteiger partial charge < -0.3 is 14.2 Å². The molecule has 5 nitrogen and oxygen atoms in total. The summed E-state index contributed by atoms with van der Waals surface area (Å²) >= 11 is 0. The number of fused-ring (bicyclic) bond motifs is 1. The lowest BCUT2D eigenvalue weighted by molar-refractivity contribution is -0.254. The first-order valence-electron chi connectivity index (χ1n) is 6.53. The molecule has 5 heteroatoms. The average Bonchev–Trinajstić information content (AvgIpc) is 2.74. The van der Waals surface area contributed by atoms with Crippen molar-refractivity contribution in [2.75, 3.05) is 13.2 Å². The Labute approximate surface area is 107 Å². The standard InChI is InChI=1S/C13H20O5/c1-4-16-11(15)9-10(14)12(3)7-6-8-13(12,18-9)17-5-2/h9H,4-8H2,1-3H3/t9?,12-,13-/m1/s1. The molecule has 0 aromatic carbocycles. The normalized spacial score (nSPS) is 38.8. The first-order chi connectivity index (χ1) is 8.50. The van der Waals surface area contributed by atoms with Gasteiger partial charge in [-0.1, -0.05) is 0 Å². The van der Waals surface area contributed by atoms with Gasteiger partial charge in [-0.05, 0) is 33.6 Å². The van der Waals surface area contributed by atoms with E-state index in [1.54, 1.807) is 6.92 Å². The summed E-state index contributed by atoms with van der Waals surface area (Å²) in [5, 5.41) is 0. The van der Waals surface area contributed by atoms with Crippen LogP contribution < -0.4 is 0 Å². The first kappa shape index (κ1) is 13.5. The van der Waals surface area contributed by atoms with Crippen LogP contribution in [0.1, 0.15) is 40.0 Å². The number of hydrogen-bond acceptors (Lipinski definition) is 5. The predicted molar refractivity (Wildman–Crippen MR) is 62.8 cm³/mol. The Morgan fingerprint density at radius 2 is 2.11 bits per heavy atom. The zero-order valence-corrected chi connectivity index (χ0v) is 11.2. The second-order valence-corrected chi connectivity index (χ2v) is 4.99. The highest BCUT2D eigenvalue weighted by molar-refractivity contribution is 6.07. The number of carbonyl (C=O) groups is 2. The van der Waals surface area contributed by atoms with E-state index < -0.39 is 23.3 Å². The fourth-order valence-electron chi connectivity index (χ4n) is 3.05. The summed E-state index contributed by atoms with van der Waals surface area (Å²) in [4.78, 5) is 24.2. The van der Waals surface area contributed by atoms with Crippen molar-refractivity contribution < 1.29 is 23.8 Å². The SMILES string of the molecule is CCOC(=O)C1O[C@]2(OCC)CCC[C@]2(C)C1=O. The van der Waals surface area contributed by atoms with Gasteiger partial charge in [0, 0.05) is 13.0 Å². The van der Waals surface area contributed by atoms with Gasteiger partial charge in [0.25, 0.3) is 0 Å². The highest BCUT2D eigenvalue weighted by Crippen LogP contribution is 2.55. The Morgan fingerprint density at radius 3 is 2.72 bits per heavy atom. The Balaban J connectivity index is 2.27. The molecule has 18 heavy (non-hydrogen) atoms. The predicted octanol–water partition coefficient (Wildman–Crippen LogP) is 1.44. The molecule has 0 aromatic heterocycles. The summed E-state index contributed by atoms with van der Waals surface area (Å²) in [6.07, 6.45) is 1.10. The van der Waals surface area contributed by atoms with Crippen molar-refractivity contribution in [3.05, 3.63) is 0 Å². The monoisotopic (exact) mass is 256 g/mol. The molecule has 3 atom stereocenters. The van der Waals surface area contributed by atoms with Crippen LogP contribution in [0, 0.1) is 5.41 Å². The molecule has 2 rings (SSSR count). The number of ether oxygens (including phenoxy) is 3. The molecule has 1 unspecified atom stereocenters. The van der Waals surface area contributed by atoms with Gasteiger partial charge in [0.2, 0.25) is 6.10 Å². The molecule has 0 radical (unpaired) electrons. The Morgan fingerprint density at radius 1 is 1.39 bits per heavy atom. The second-order valence-electron chi connectivity index (χ2n) is 4.99. The van der Waals surface area contributed by atoms with Crippen LogP contribution in [0.2, 0.25) is 0 Å². The third-order valence-corrected chi connectivity index (χ3v) is 3.99. The number of Topliss-reactive ketones (excluding diaryl/α,β-unsaturated/α-hetero) is 1. The van der Waals surface area contributed by atoms with E-state index in [1.165, 1.54) is 0 Å². The third-order valence-electron chi connectivity index (χ3n) is 3.99. The molecule has 1 heterocycles. The molecule has 0 bridgehead atoms. The topological polar surface area (TPSA) is 61.8 Å². The lowest BCUT2D eigenvalue weighted by Crippen LogP contribution is -2.44. The van der Waals surface area contributed by atoms with Crippen LogP contribution in [0.15, 0.2) is 0 Å². The van der Waals surface area contributed by atoms with Crippen LogP contribution in [0.3, 0.4) is 0 Å². The van der Waals surface area contributed by atoms with Gasteiger partial charge in [0.1, 0.15) is 0 Å². The van der Waals surface area contributed by atoms with Crippen LogP contribution in [0.5, 0.6) is 0 Å². The highest BCUT2D eigenvalue weighted by Gasteiger charge is 2.68. The molecule has 2 aliphatic rings. The lowest BCUT2D eigenvalue weighted by Gasteiger charge is -2.34. The largest absolute Gasteiger partial charge is 0.464 e. The van der Waals surface area contributed by atoms with Crippen molar-refractivity contribution in [2.45, 2.75) is 51.9 Å². The maximum atomic E-state index is 12.4. The highest BCUT2D eigenvalue weighted by atomic mass is 16.7. The Bertz CT molecular complexity index is 366. The van der Waals surface area contributed by atoms with E-state index in [4.69, 9.17) is 14.2 Å². The van der Waals surface area contributed by atoms with E-state index in [1.807, 2.05) is 13.8 Å². The molecule has 102 valence electrons. The quantitative estimate of drug-likeness (QED) is 0.562. The molecular weight excluding hydrogens is 236 g/mol. The second kappa shape index (κ2) is 4.63. The maximum Gasteiger partial charge on any atom is 0.343 e. The Kier molecular flexibility index (Phi) is 3.47. The van der Waals surface area contributed by atoms with Gasteiger partial charge in [0.15, 0.2) is 11.6 Å². The zero-order valence-electron chi connectivity index (χ0n) is 11.2. The zero-order chi connectivity index (χ0) is 13.4. The minimum atomic E-state index is -1.12. The molecule has 0 aromatic rings. The fourth-order valence-corrected chi connectivity index (χ4v) is 3.05. The van der Waals surface area contributed by atoms with Crippen molar-refractivity contribution in [3.8, 4) is 0 Å². The van der Waals surface area contributed by atoms with Crippen LogP contribution >= 0.6 is 0 Å². The van der Waals surface area contributed by atoms with E-state index in [0.717, 1.165) is 6.42 Å². The van der Waals surface area contributed by atoms with Crippen molar-refractivity contribution in [1.82, 2.24) is 0 Å². The summed E-state index contributed by atoms with van der Waals surface area (Å²) in [6.45, 7) is 6.09. The molecule has 1 saturated heterocycles. The number of esters is 1. The minimum absolute atomic E-state index is 0.202. The summed E-state index contributed by atoms with van der Waals surface area (Å²) in [7, 11) is 0. The first-order valence-corrected chi connectivity index (χ1v) is 6.53. The Hall–Kier alpha value is -0.940. The van der Waals surface area contributed by atoms with Crippen LogP contribution in [-0.2, 0) is 23.8 Å². The lowest BCUT2D eigenvalue weighted by atomic mass is 9.80. The number of carbonyl (C=O) groups excluding carboxylic acids is 2. The molecule has 0 spiro atoms. The number of rotatable bonds is 4. The van der Waals surface area contributed by atoms with E-state index in [9.17, 15) is 9.59 Å². The number of ketones is 1. The van der Waals surface area contributed by atoms with Crippen LogP contribution in [0.4, 0.5) is 0 Å². The molecule has 1 aliphatic heterocycles. The van der Waals surface area contributed by atoms with Crippen molar-refractivity contribution >= 4 is 11.8 Å². The fraction of sp³-hybridized carbons (Fsp3) is 0.846. The molecule has 2 fully saturated rings. The van der Waals surface area contributed by atoms with Gasteiger partial charge in [0.05, 0.1) is 12.0 Å². The third kappa shape index (κ3) is 1.68. The van der Waals surface area contributed by atoms with Crippen LogP contribution in [0.25, 0.3) is 0 Å². The number of hydrogen-bond donors (Lipinski definition) is 0. The average molecular weight is 256 g/mol. The van der Waals surface area contributed by atoms with E-state index in [0.29, 0.717) is 19.4 Å². The van der Waals surface area contributed by atoms with Crippen molar-refractivity contribution in [2.24, 2.45) is 5.41 Å². The summed E-state index contributed by atoms with van der Waals surface area (Å²) in [5.41, 5.74) is -0.722. The van der Waals surface area contributed by atoms with Gasteiger partial charge in [-0.2, -0.15) is 0 Å². The summed E-state index contributed by atoms with van der Waals surface area (Å²) in [5.74, 6) is -1.74. The van der Waals surface area contributed by atoms with Gasteiger partial charge in [-0.3, -0.25) is 4.79 Å². The molecule has 0 amide bonds. The van der Waals surface area contributed by atoms with E-state index >= 15 is 0 Å². The smallest absolute Gasteiger partial charge is 0.343 e. The molecule has 1 saturated carbocycles. The maximum absolute atomic E-state index is 12.4. The summed E-state index contributed by atoms with van der Waals surface area (Å²) in [6, 6.07) is 0. The van der Waals surface area contributed by atoms with E-state index in [-0.39, 0.29) is 12.4 Å². The van der Waals surface area contributed by atoms with Gasteiger partial charge >= 0.3 is 5.97 Å². The molecule has 1 aliphatic carbocycles. The van der Waals surface area contributed by atoms with Crippen molar-refractivity contribution in [1.29, 1.82) is 0 Å². The molecular formula is C13H20O5. The van der Waals surface area contributed by atoms with Gasteiger partial charge in [-0.25, -0.2) is 4.79 Å². The summed E-state index contributed by atoms with van der Waals surface area (Å²) < 4.78 is 16.3.